The number of aromatic nitrogens is 2. The Balaban J connectivity index is 2.14. The molecule has 1 aromatic carbocycles. The lowest BCUT2D eigenvalue weighted by Gasteiger charge is -2.29. The smallest absolute Gasteiger partial charge is 0.219 e. The maximum Gasteiger partial charge on any atom is 0.219 e. The van der Waals surface area contributed by atoms with Crippen molar-refractivity contribution in [1.29, 1.82) is 0 Å². The van der Waals surface area contributed by atoms with Gasteiger partial charge in [-0.15, -0.1) is 0 Å². The third kappa shape index (κ3) is 3.04. The standard InChI is InChI=1S/C18H21N3O2/c1-11(2)18-19-16-8-9-21(12(3)22)10-15(16)17(20-18)13-4-6-14(23)7-5-13/h4-7,11,23H,8-10H2,1-3H3. The van der Waals surface area contributed by atoms with Gasteiger partial charge in [0.25, 0.3) is 0 Å². The van der Waals surface area contributed by atoms with Crippen LogP contribution in [0.4, 0.5) is 0 Å². The number of rotatable bonds is 2. The second-order valence-electron chi connectivity index (χ2n) is 6.25. The number of amides is 1. The van der Waals surface area contributed by atoms with Gasteiger partial charge in [-0.1, -0.05) is 13.8 Å². The van der Waals surface area contributed by atoms with E-state index in [0.29, 0.717) is 13.1 Å². The lowest BCUT2D eigenvalue weighted by molar-refractivity contribution is -0.129. The molecule has 0 unspecified atom stereocenters. The van der Waals surface area contributed by atoms with Gasteiger partial charge in [0.15, 0.2) is 0 Å². The molecule has 1 aliphatic rings. The van der Waals surface area contributed by atoms with E-state index in [1.807, 2.05) is 17.0 Å². The van der Waals surface area contributed by atoms with E-state index in [2.05, 4.69) is 13.8 Å². The zero-order chi connectivity index (χ0) is 16.6. The van der Waals surface area contributed by atoms with Crippen molar-refractivity contribution >= 4 is 5.91 Å². The maximum atomic E-state index is 11.7. The van der Waals surface area contributed by atoms with Gasteiger partial charge in [0.1, 0.15) is 11.6 Å². The van der Waals surface area contributed by atoms with E-state index in [-0.39, 0.29) is 17.6 Å². The van der Waals surface area contributed by atoms with Gasteiger partial charge in [-0.05, 0) is 24.3 Å². The minimum absolute atomic E-state index is 0.0697. The highest BCUT2D eigenvalue weighted by atomic mass is 16.3. The Morgan fingerprint density at radius 2 is 1.91 bits per heavy atom. The lowest BCUT2D eigenvalue weighted by Crippen LogP contribution is -2.35. The van der Waals surface area contributed by atoms with Crippen LogP contribution in [0.1, 0.15) is 43.8 Å². The van der Waals surface area contributed by atoms with Gasteiger partial charge >= 0.3 is 0 Å². The quantitative estimate of drug-likeness (QED) is 0.926. The molecular formula is C18H21N3O2. The highest BCUT2D eigenvalue weighted by molar-refractivity contribution is 5.74. The summed E-state index contributed by atoms with van der Waals surface area (Å²) in [5.41, 5.74) is 3.85. The molecule has 3 rings (SSSR count). The fourth-order valence-corrected chi connectivity index (χ4v) is 2.82. The number of nitrogens with zero attached hydrogens (tertiary/aromatic N) is 3. The first-order valence-electron chi connectivity index (χ1n) is 7.90. The predicted octanol–water partition coefficient (Wildman–Crippen LogP) is 2.88. The summed E-state index contributed by atoms with van der Waals surface area (Å²) in [6.07, 6.45) is 0.752. The molecule has 0 saturated carbocycles. The Labute approximate surface area is 136 Å². The van der Waals surface area contributed by atoms with Crippen LogP contribution >= 0.6 is 0 Å². The van der Waals surface area contributed by atoms with Crippen LogP contribution in [0.5, 0.6) is 5.75 Å². The van der Waals surface area contributed by atoms with Crippen LogP contribution in [0.25, 0.3) is 11.3 Å². The van der Waals surface area contributed by atoms with Gasteiger partial charge in [0.05, 0.1) is 11.4 Å². The zero-order valence-electron chi connectivity index (χ0n) is 13.7. The van der Waals surface area contributed by atoms with Crippen molar-refractivity contribution < 1.29 is 9.90 Å². The maximum absolute atomic E-state index is 11.7. The highest BCUT2D eigenvalue weighted by Crippen LogP contribution is 2.30. The molecule has 0 radical (unpaired) electrons. The second kappa shape index (κ2) is 5.99. The number of carbonyl (C=O) groups excluding carboxylic acids is 1. The third-order valence-electron chi connectivity index (χ3n) is 4.18. The summed E-state index contributed by atoms with van der Waals surface area (Å²) in [6.45, 7) is 6.99. The van der Waals surface area contributed by atoms with E-state index in [0.717, 1.165) is 34.8 Å². The Morgan fingerprint density at radius 1 is 1.22 bits per heavy atom. The molecule has 0 atom stereocenters. The summed E-state index contributed by atoms with van der Waals surface area (Å²) in [4.78, 5) is 23.0. The lowest BCUT2D eigenvalue weighted by atomic mass is 9.98. The molecule has 5 nitrogen and oxygen atoms in total. The van der Waals surface area contributed by atoms with Crippen molar-refractivity contribution in [3.8, 4) is 17.0 Å². The van der Waals surface area contributed by atoms with Crippen LogP contribution in [0.3, 0.4) is 0 Å². The monoisotopic (exact) mass is 311 g/mol. The van der Waals surface area contributed by atoms with E-state index in [9.17, 15) is 9.90 Å². The fraction of sp³-hybridized carbons (Fsp3) is 0.389. The first kappa shape index (κ1) is 15.5. The van der Waals surface area contributed by atoms with E-state index in [1.54, 1.807) is 19.1 Å². The van der Waals surface area contributed by atoms with Gasteiger partial charge in [-0.2, -0.15) is 0 Å². The average molecular weight is 311 g/mol. The summed E-state index contributed by atoms with van der Waals surface area (Å²) in [5, 5.41) is 9.51. The summed E-state index contributed by atoms with van der Waals surface area (Å²) < 4.78 is 0. The number of fused-ring (bicyclic) bond motifs is 1. The normalized spacial score (nSPS) is 14.0. The van der Waals surface area contributed by atoms with E-state index in [4.69, 9.17) is 9.97 Å². The molecule has 2 aromatic rings. The van der Waals surface area contributed by atoms with E-state index in [1.165, 1.54) is 0 Å². The van der Waals surface area contributed by atoms with E-state index >= 15 is 0 Å². The van der Waals surface area contributed by atoms with E-state index < -0.39 is 0 Å². The van der Waals surface area contributed by atoms with Crippen molar-refractivity contribution in [3.05, 3.63) is 41.3 Å². The Kier molecular flexibility index (Phi) is 4.03. The van der Waals surface area contributed by atoms with Gasteiger partial charge in [0.2, 0.25) is 5.91 Å². The van der Waals surface area contributed by atoms with Crippen molar-refractivity contribution in [1.82, 2.24) is 14.9 Å². The van der Waals surface area contributed by atoms with Crippen LogP contribution in [0.15, 0.2) is 24.3 Å². The van der Waals surface area contributed by atoms with Gasteiger partial charge < -0.3 is 10.0 Å². The number of aromatic hydroxyl groups is 1. The first-order chi connectivity index (χ1) is 11.0. The average Bonchev–Trinajstić information content (AvgIpc) is 2.54. The fourth-order valence-electron chi connectivity index (χ4n) is 2.82. The number of carbonyl (C=O) groups is 1. The van der Waals surface area contributed by atoms with Gasteiger partial charge in [0, 0.05) is 43.5 Å². The molecule has 23 heavy (non-hydrogen) atoms. The molecule has 0 bridgehead atoms. The second-order valence-corrected chi connectivity index (χ2v) is 6.25. The summed E-state index contributed by atoms with van der Waals surface area (Å²) in [7, 11) is 0. The highest BCUT2D eigenvalue weighted by Gasteiger charge is 2.24. The third-order valence-corrected chi connectivity index (χ3v) is 4.18. The molecular weight excluding hydrogens is 290 g/mol. The largest absolute Gasteiger partial charge is 0.508 e. The van der Waals surface area contributed by atoms with Crippen molar-refractivity contribution in [2.75, 3.05) is 6.54 Å². The van der Waals surface area contributed by atoms with Crippen molar-refractivity contribution in [3.63, 3.8) is 0 Å². The Hall–Kier alpha value is -2.43. The van der Waals surface area contributed by atoms with Gasteiger partial charge in [-0.3, -0.25) is 4.79 Å². The topological polar surface area (TPSA) is 66.3 Å². The van der Waals surface area contributed by atoms with Crippen LogP contribution in [0, 0.1) is 0 Å². The molecule has 0 saturated heterocycles. The number of phenolic OH excluding ortho intramolecular Hbond substituents is 1. The molecule has 0 spiro atoms. The summed E-state index contributed by atoms with van der Waals surface area (Å²) in [5.74, 6) is 1.36. The molecule has 2 heterocycles. The Morgan fingerprint density at radius 3 is 2.52 bits per heavy atom. The number of hydrogen-bond donors (Lipinski definition) is 1. The zero-order valence-corrected chi connectivity index (χ0v) is 13.7. The molecule has 120 valence electrons. The van der Waals surface area contributed by atoms with Gasteiger partial charge in [-0.25, -0.2) is 9.97 Å². The number of hydrogen-bond acceptors (Lipinski definition) is 4. The molecule has 5 heteroatoms. The Bertz CT molecular complexity index is 739. The molecule has 1 aromatic heterocycles. The SMILES string of the molecule is CC(=O)N1CCc2nc(C(C)C)nc(-c3ccc(O)cc3)c2C1. The first-order valence-corrected chi connectivity index (χ1v) is 7.90. The summed E-state index contributed by atoms with van der Waals surface area (Å²) in [6, 6.07) is 7.03. The van der Waals surface area contributed by atoms with Crippen molar-refractivity contribution in [2.45, 2.75) is 39.7 Å². The number of phenols is 1. The predicted molar refractivity (Wildman–Crippen MR) is 88.0 cm³/mol. The summed E-state index contributed by atoms with van der Waals surface area (Å²) >= 11 is 0. The molecule has 1 N–H and O–H groups in total. The van der Waals surface area contributed by atoms with Crippen LogP contribution < -0.4 is 0 Å². The van der Waals surface area contributed by atoms with Crippen molar-refractivity contribution in [2.24, 2.45) is 0 Å². The van der Waals surface area contributed by atoms with Crippen LogP contribution in [0.2, 0.25) is 0 Å². The molecule has 0 fully saturated rings. The van der Waals surface area contributed by atoms with Crippen LogP contribution in [-0.2, 0) is 17.8 Å². The van der Waals surface area contributed by atoms with Crippen LogP contribution in [-0.4, -0.2) is 32.4 Å². The number of benzene rings is 1. The minimum Gasteiger partial charge on any atom is -0.508 e. The molecule has 1 amide bonds. The molecule has 0 aliphatic carbocycles. The molecule has 1 aliphatic heterocycles. The minimum atomic E-state index is 0.0697.